The molecule has 3 heteroatoms. The lowest BCUT2D eigenvalue weighted by Gasteiger charge is -2.19. The van der Waals surface area contributed by atoms with Gasteiger partial charge in [0.2, 0.25) is 0 Å². The maximum Gasteiger partial charge on any atom is 0.302 e. The second kappa shape index (κ2) is 4.24. The van der Waals surface area contributed by atoms with E-state index in [9.17, 15) is 9.18 Å². The Morgan fingerprint density at radius 3 is 2.42 bits per heavy atom. The van der Waals surface area contributed by atoms with Crippen molar-refractivity contribution in [3.63, 3.8) is 0 Å². The molecule has 0 amide bonds. The van der Waals surface area contributed by atoms with Crippen LogP contribution in [-0.4, -0.2) is 18.2 Å². The molecule has 0 bridgehead atoms. The molecule has 0 saturated heterocycles. The number of carbonyl (C=O) groups is 1. The zero-order valence-electron chi connectivity index (χ0n) is 7.82. The highest BCUT2D eigenvalue weighted by Gasteiger charge is 2.23. The van der Waals surface area contributed by atoms with E-state index in [-0.39, 0.29) is 19.0 Å². The SMILES string of the molecule is C=C(C)C(C)(F)CCOC(C)=O. The van der Waals surface area contributed by atoms with E-state index in [0.29, 0.717) is 5.57 Å². The molecule has 0 aromatic heterocycles. The summed E-state index contributed by atoms with van der Waals surface area (Å²) in [6, 6.07) is 0. The Labute approximate surface area is 72.4 Å². The first-order valence-corrected chi connectivity index (χ1v) is 3.84. The molecule has 0 N–H and O–H groups in total. The minimum atomic E-state index is -1.44. The number of carbonyl (C=O) groups excluding carboxylic acids is 1. The first kappa shape index (κ1) is 11.1. The van der Waals surface area contributed by atoms with Crippen molar-refractivity contribution in [2.45, 2.75) is 32.9 Å². The maximum atomic E-state index is 13.4. The van der Waals surface area contributed by atoms with Gasteiger partial charge in [-0.2, -0.15) is 0 Å². The summed E-state index contributed by atoms with van der Waals surface area (Å²) >= 11 is 0. The van der Waals surface area contributed by atoms with E-state index in [4.69, 9.17) is 0 Å². The zero-order valence-corrected chi connectivity index (χ0v) is 7.82. The van der Waals surface area contributed by atoms with Crippen LogP contribution in [0.2, 0.25) is 0 Å². The predicted molar refractivity (Wildman–Crippen MR) is 45.6 cm³/mol. The van der Waals surface area contributed by atoms with E-state index in [1.807, 2.05) is 0 Å². The third kappa shape index (κ3) is 4.11. The summed E-state index contributed by atoms with van der Waals surface area (Å²) in [5.41, 5.74) is -0.982. The molecule has 0 aliphatic rings. The van der Waals surface area contributed by atoms with Crippen molar-refractivity contribution in [3.8, 4) is 0 Å². The third-order valence-electron chi connectivity index (χ3n) is 1.77. The normalized spacial score (nSPS) is 15.0. The summed E-state index contributed by atoms with van der Waals surface area (Å²) in [6.45, 7) is 7.97. The molecule has 2 nitrogen and oxygen atoms in total. The van der Waals surface area contributed by atoms with Crippen LogP contribution in [0, 0.1) is 0 Å². The molecule has 1 unspecified atom stereocenters. The average molecular weight is 174 g/mol. The molecule has 0 aromatic carbocycles. The van der Waals surface area contributed by atoms with Gasteiger partial charge in [0, 0.05) is 13.3 Å². The summed E-state index contributed by atoms with van der Waals surface area (Å²) in [6.07, 6.45) is 0.169. The fourth-order valence-electron chi connectivity index (χ4n) is 0.600. The average Bonchev–Trinajstić information content (AvgIpc) is 1.85. The Bertz CT molecular complexity index is 185. The van der Waals surface area contributed by atoms with E-state index in [0.717, 1.165) is 0 Å². The van der Waals surface area contributed by atoms with Gasteiger partial charge < -0.3 is 4.74 Å². The first-order valence-electron chi connectivity index (χ1n) is 3.84. The number of halogens is 1. The van der Waals surface area contributed by atoms with Crippen molar-refractivity contribution >= 4 is 5.97 Å². The van der Waals surface area contributed by atoms with E-state index in [2.05, 4.69) is 11.3 Å². The van der Waals surface area contributed by atoms with Crippen LogP contribution in [0.3, 0.4) is 0 Å². The minimum Gasteiger partial charge on any atom is -0.466 e. The number of esters is 1. The molecule has 0 saturated carbocycles. The number of alkyl halides is 1. The molecule has 70 valence electrons. The van der Waals surface area contributed by atoms with Gasteiger partial charge in [0.05, 0.1) is 6.61 Å². The van der Waals surface area contributed by atoms with Gasteiger partial charge in [0.15, 0.2) is 0 Å². The molecule has 0 heterocycles. The van der Waals surface area contributed by atoms with Crippen molar-refractivity contribution in [1.82, 2.24) is 0 Å². The van der Waals surface area contributed by atoms with E-state index in [1.54, 1.807) is 6.92 Å². The number of ether oxygens (including phenoxy) is 1. The van der Waals surface area contributed by atoms with E-state index in [1.165, 1.54) is 13.8 Å². The molecule has 0 spiro atoms. The van der Waals surface area contributed by atoms with Crippen LogP contribution >= 0.6 is 0 Å². The highest BCUT2D eigenvalue weighted by atomic mass is 19.1. The molecule has 0 radical (unpaired) electrons. The quantitative estimate of drug-likeness (QED) is 0.482. The number of hydrogen-bond acceptors (Lipinski definition) is 2. The van der Waals surface area contributed by atoms with Gasteiger partial charge >= 0.3 is 5.97 Å². The van der Waals surface area contributed by atoms with Crippen molar-refractivity contribution in [1.29, 1.82) is 0 Å². The monoisotopic (exact) mass is 174 g/mol. The Balaban J connectivity index is 3.76. The van der Waals surface area contributed by atoms with Crippen LogP contribution in [0.1, 0.15) is 27.2 Å². The Kier molecular flexibility index (Phi) is 3.93. The summed E-state index contributed by atoms with van der Waals surface area (Å²) < 4.78 is 18.0. The molecule has 0 aliphatic carbocycles. The standard InChI is InChI=1S/C9H15FO2/c1-7(2)9(4,10)5-6-12-8(3)11/h1,5-6H2,2-4H3. The molecule has 0 rings (SSSR count). The number of hydrogen-bond donors (Lipinski definition) is 0. The fourth-order valence-corrected chi connectivity index (χ4v) is 0.600. The summed E-state index contributed by atoms with van der Waals surface area (Å²) in [4.78, 5) is 10.3. The van der Waals surface area contributed by atoms with Gasteiger partial charge in [-0.15, -0.1) is 0 Å². The Morgan fingerprint density at radius 1 is 1.58 bits per heavy atom. The first-order chi connectivity index (χ1) is 5.36. The predicted octanol–water partition coefficient (Wildman–Crippen LogP) is 2.24. The molecule has 0 aromatic rings. The van der Waals surface area contributed by atoms with Gasteiger partial charge in [-0.25, -0.2) is 4.39 Å². The lowest BCUT2D eigenvalue weighted by molar-refractivity contribution is -0.141. The largest absolute Gasteiger partial charge is 0.466 e. The smallest absolute Gasteiger partial charge is 0.302 e. The van der Waals surface area contributed by atoms with Crippen molar-refractivity contribution in [2.75, 3.05) is 6.61 Å². The van der Waals surface area contributed by atoms with E-state index >= 15 is 0 Å². The highest BCUT2D eigenvalue weighted by Crippen LogP contribution is 2.23. The molecular formula is C9H15FO2. The minimum absolute atomic E-state index is 0.106. The molecule has 0 aliphatic heterocycles. The van der Waals surface area contributed by atoms with Crippen LogP contribution in [-0.2, 0) is 9.53 Å². The zero-order chi connectivity index (χ0) is 9.78. The van der Waals surface area contributed by atoms with Crippen LogP contribution in [0.4, 0.5) is 4.39 Å². The Morgan fingerprint density at radius 2 is 2.08 bits per heavy atom. The van der Waals surface area contributed by atoms with Gasteiger partial charge in [-0.05, 0) is 19.4 Å². The lowest BCUT2D eigenvalue weighted by Crippen LogP contribution is -2.22. The van der Waals surface area contributed by atoms with Gasteiger partial charge in [-0.3, -0.25) is 4.79 Å². The Hall–Kier alpha value is -0.860. The highest BCUT2D eigenvalue weighted by molar-refractivity contribution is 5.65. The van der Waals surface area contributed by atoms with Crippen LogP contribution in [0.15, 0.2) is 12.2 Å². The van der Waals surface area contributed by atoms with E-state index < -0.39 is 5.67 Å². The number of rotatable bonds is 4. The van der Waals surface area contributed by atoms with Crippen molar-refractivity contribution in [3.05, 3.63) is 12.2 Å². The van der Waals surface area contributed by atoms with Gasteiger partial charge in [0.1, 0.15) is 5.67 Å². The molecule has 12 heavy (non-hydrogen) atoms. The second-order valence-corrected chi connectivity index (χ2v) is 3.07. The maximum absolute atomic E-state index is 13.4. The van der Waals surface area contributed by atoms with Crippen molar-refractivity contribution in [2.24, 2.45) is 0 Å². The van der Waals surface area contributed by atoms with Gasteiger partial charge in [-0.1, -0.05) is 6.58 Å². The summed E-state index contributed by atoms with van der Waals surface area (Å²) in [5.74, 6) is -0.382. The van der Waals surface area contributed by atoms with Gasteiger partial charge in [0.25, 0.3) is 0 Å². The molecule has 1 atom stereocenters. The van der Waals surface area contributed by atoms with Crippen LogP contribution in [0.5, 0.6) is 0 Å². The summed E-state index contributed by atoms with van der Waals surface area (Å²) in [5, 5.41) is 0. The number of allylic oxidation sites excluding steroid dienone is 1. The second-order valence-electron chi connectivity index (χ2n) is 3.07. The van der Waals surface area contributed by atoms with Crippen molar-refractivity contribution < 1.29 is 13.9 Å². The topological polar surface area (TPSA) is 26.3 Å². The van der Waals surface area contributed by atoms with Crippen LogP contribution in [0.25, 0.3) is 0 Å². The van der Waals surface area contributed by atoms with Crippen LogP contribution < -0.4 is 0 Å². The fraction of sp³-hybridized carbons (Fsp3) is 0.667. The molecule has 0 fully saturated rings. The summed E-state index contributed by atoms with van der Waals surface area (Å²) in [7, 11) is 0. The molecular weight excluding hydrogens is 159 g/mol. The third-order valence-corrected chi connectivity index (χ3v) is 1.77. The lowest BCUT2D eigenvalue weighted by atomic mass is 9.97.